The monoisotopic (exact) mass is 364 g/mol. The topological polar surface area (TPSA) is 40.6 Å². The smallest absolute Gasteiger partial charge is 0.342 e. The average molecular weight is 365 g/mol. The van der Waals surface area contributed by atoms with E-state index in [2.05, 4.69) is 15.9 Å². The van der Waals surface area contributed by atoms with Crippen LogP contribution in [0.1, 0.15) is 15.9 Å². The van der Waals surface area contributed by atoms with Crippen LogP contribution in [0.2, 0.25) is 0 Å². The second kappa shape index (κ2) is 5.67. The fourth-order valence-electron chi connectivity index (χ4n) is 1.99. The SMILES string of the molecule is CN1CCN(C(=O)c2ccc(Br)c(C(F)(F)F)c2)CC1=O. The molecule has 21 heavy (non-hydrogen) atoms. The van der Waals surface area contributed by atoms with Crippen LogP contribution in [0.15, 0.2) is 22.7 Å². The van der Waals surface area contributed by atoms with E-state index in [1.54, 1.807) is 7.05 Å². The van der Waals surface area contributed by atoms with Gasteiger partial charge in [-0.25, -0.2) is 0 Å². The Morgan fingerprint density at radius 2 is 1.95 bits per heavy atom. The first kappa shape index (κ1) is 15.8. The minimum absolute atomic E-state index is 0.0807. The molecule has 0 radical (unpaired) electrons. The van der Waals surface area contributed by atoms with Gasteiger partial charge in [0.25, 0.3) is 5.91 Å². The Morgan fingerprint density at radius 3 is 2.52 bits per heavy atom. The molecule has 1 aliphatic heterocycles. The quantitative estimate of drug-likeness (QED) is 0.767. The lowest BCUT2D eigenvalue weighted by atomic mass is 10.1. The van der Waals surface area contributed by atoms with Crippen molar-refractivity contribution < 1.29 is 22.8 Å². The third kappa shape index (κ3) is 3.37. The predicted octanol–water partition coefficient (Wildman–Crippen LogP) is 2.38. The van der Waals surface area contributed by atoms with E-state index in [9.17, 15) is 22.8 Å². The van der Waals surface area contributed by atoms with Gasteiger partial charge in [0.15, 0.2) is 0 Å². The minimum atomic E-state index is -4.55. The number of hydrogen-bond acceptors (Lipinski definition) is 2. The molecule has 2 rings (SSSR count). The summed E-state index contributed by atoms with van der Waals surface area (Å²) in [7, 11) is 1.62. The van der Waals surface area contributed by atoms with Gasteiger partial charge in [0, 0.05) is 30.2 Å². The zero-order chi connectivity index (χ0) is 15.8. The first-order chi connectivity index (χ1) is 9.70. The first-order valence-corrected chi connectivity index (χ1v) is 6.89. The van der Waals surface area contributed by atoms with Gasteiger partial charge in [-0.2, -0.15) is 13.2 Å². The minimum Gasteiger partial charge on any atom is -0.342 e. The molecule has 1 heterocycles. The zero-order valence-corrected chi connectivity index (χ0v) is 12.7. The maximum absolute atomic E-state index is 12.8. The molecule has 1 fully saturated rings. The third-order valence-electron chi connectivity index (χ3n) is 3.26. The van der Waals surface area contributed by atoms with Crippen molar-refractivity contribution in [2.75, 3.05) is 26.7 Å². The van der Waals surface area contributed by atoms with Crippen LogP contribution in [-0.4, -0.2) is 48.3 Å². The second-order valence-corrected chi connectivity index (χ2v) is 5.59. The molecule has 1 aromatic carbocycles. The van der Waals surface area contributed by atoms with Crippen molar-refractivity contribution in [3.63, 3.8) is 0 Å². The summed E-state index contributed by atoms with van der Waals surface area (Å²) < 4.78 is 38.4. The van der Waals surface area contributed by atoms with E-state index < -0.39 is 17.6 Å². The van der Waals surface area contributed by atoms with E-state index in [1.165, 1.54) is 21.9 Å². The number of rotatable bonds is 1. The van der Waals surface area contributed by atoms with Crippen molar-refractivity contribution >= 4 is 27.7 Å². The largest absolute Gasteiger partial charge is 0.417 e. The number of benzene rings is 1. The number of amides is 2. The van der Waals surface area contributed by atoms with E-state index >= 15 is 0 Å². The molecule has 0 saturated carbocycles. The Labute approximate surface area is 127 Å². The molecule has 1 aromatic rings. The number of hydrogen-bond donors (Lipinski definition) is 0. The van der Waals surface area contributed by atoms with Gasteiger partial charge in [-0.1, -0.05) is 15.9 Å². The average Bonchev–Trinajstić information content (AvgIpc) is 2.40. The summed E-state index contributed by atoms with van der Waals surface area (Å²) in [5, 5.41) is 0. The normalized spacial score (nSPS) is 16.3. The molecule has 8 heteroatoms. The lowest BCUT2D eigenvalue weighted by Gasteiger charge is -2.32. The number of carbonyl (C=O) groups is 2. The number of halogens is 4. The molecule has 1 saturated heterocycles. The molecule has 0 aromatic heterocycles. The van der Waals surface area contributed by atoms with E-state index in [0.717, 1.165) is 6.07 Å². The van der Waals surface area contributed by atoms with Crippen LogP contribution in [0.4, 0.5) is 13.2 Å². The number of piperazine rings is 1. The molecule has 0 bridgehead atoms. The maximum Gasteiger partial charge on any atom is 0.417 e. The maximum atomic E-state index is 12.8. The number of alkyl halides is 3. The summed E-state index contributed by atoms with van der Waals surface area (Å²) in [4.78, 5) is 26.5. The molecular formula is C13H12BrF3N2O2. The summed E-state index contributed by atoms with van der Waals surface area (Å²) >= 11 is 2.82. The van der Waals surface area contributed by atoms with Crippen molar-refractivity contribution in [1.29, 1.82) is 0 Å². The molecule has 4 nitrogen and oxygen atoms in total. The molecule has 1 aliphatic rings. The van der Waals surface area contributed by atoms with E-state index in [0.29, 0.717) is 13.1 Å². The molecular weight excluding hydrogens is 353 g/mol. The summed E-state index contributed by atoms with van der Waals surface area (Å²) in [5.41, 5.74) is -0.989. The van der Waals surface area contributed by atoms with Crippen LogP contribution in [0.3, 0.4) is 0 Å². The van der Waals surface area contributed by atoms with Crippen molar-refractivity contribution in [2.24, 2.45) is 0 Å². The molecule has 0 atom stereocenters. The Bertz CT molecular complexity index is 589. The summed E-state index contributed by atoms with van der Waals surface area (Å²) in [5.74, 6) is -0.808. The van der Waals surface area contributed by atoms with Crippen molar-refractivity contribution in [2.45, 2.75) is 6.18 Å². The first-order valence-electron chi connectivity index (χ1n) is 6.10. The fraction of sp³-hybridized carbons (Fsp3) is 0.385. The second-order valence-electron chi connectivity index (χ2n) is 4.73. The van der Waals surface area contributed by atoms with Crippen molar-refractivity contribution in [3.8, 4) is 0 Å². The lowest BCUT2D eigenvalue weighted by molar-refractivity contribution is -0.138. The molecule has 0 N–H and O–H groups in total. The standard InChI is InChI=1S/C13H12BrF3N2O2/c1-18-4-5-19(7-11(18)20)12(21)8-2-3-10(14)9(6-8)13(15,16)17/h2-3,6H,4-5,7H2,1H3. The van der Waals surface area contributed by atoms with Gasteiger partial charge < -0.3 is 9.80 Å². The highest BCUT2D eigenvalue weighted by atomic mass is 79.9. The van der Waals surface area contributed by atoms with Crippen molar-refractivity contribution in [3.05, 3.63) is 33.8 Å². The number of nitrogens with zero attached hydrogens (tertiary/aromatic N) is 2. The zero-order valence-electron chi connectivity index (χ0n) is 11.1. The Kier molecular flexibility index (Phi) is 4.27. The van der Waals surface area contributed by atoms with Crippen LogP contribution in [0, 0.1) is 0 Å². The van der Waals surface area contributed by atoms with Crippen LogP contribution in [0.25, 0.3) is 0 Å². The van der Waals surface area contributed by atoms with Gasteiger partial charge in [-0.3, -0.25) is 9.59 Å². The Morgan fingerprint density at radius 1 is 1.29 bits per heavy atom. The predicted molar refractivity (Wildman–Crippen MR) is 72.7 cm³/mol. The van der Waals surface area contributed by atoms with Gasteiger partial charge in [0.2, 0.25) is 5.91 Å². The molecule has 0 unspecified atom stereocenters. The van der Waals surface area contributed by atoms with Gasteiger partial charge in [-0.15, -0.1) is 0 Å². The van der Waals surface area contributed by atoms with Crippen LogP contribution >= 0.6 is 15.9 Å². The van der Waals surface area contributed by atoms with Gasteiger partial charge in [0.1, 0.15) is 6.54 Å². The third-order valence-corrected chi connectivity index (χ3v) is 3.95. The fourth-order valence-corrected chi connectivity index (χ4v) is 2.46. The van der Waals surface area contributed by atoms with Crippen LogP contribution < -0.4 is 0 Å². The summed E-state index contributed by atoms with van der Waals surface area (Å²) in [6, 6.07) is 3.30. The van der Waals surface area contributed by atoms with Gasteiger partial charge in [-0.05, 0) is 18.2 Å². The molecule has 0 spiro atoms. The molecule has 0 aliphatic carbocycles. The highest BCUT2D eigenvalue weighted by Gasteiger charge is 2.34. The van der Waals surface area contributed by atoms with Crippen molar-refractivity contribution in [1.82, 2.24) is 9.80 Å². The van der Waals surface area contributed by atoms with Gasteiger partial charge in [0.05, 0.1) is 5.56 Å². The van der Waals surface area contributed by atoms with E-state index in [1.807, 2.05) is 0 Å². The highest BCUT2D eigenvalue weighted by molar-refractivity contribution is 9.10. The van der Waals surface area contributed by atoms with Crippen LogP contribution in [0.5, 0.6) is 0 Å². The summed E-state index contributed by atoms with van der Waals surface area (Å²) in [6.07, 6.45) is -4.55. The number of likely N-dealkylation sites (N-methyl/N-ethyl adjacent to an activating group) is 1. The van der Waals surface area contributed by atoms with Gasteiger partial charge >= 0.3 is 6.18 Å². The summed E-state index contributed by atoms with van der Waals surface area (Å²) in [6.45, 7) is 0.554. The molecule has 114 valence electrons. The lowest BCUT2D eigenvalue weighted by Crippen LogP contribution is -2.50. The van der Waals surface area contributed by atoms with E-state index in [-0.39, 0.29) is 22.5 Å². The Balaban J connectivity index is 2.26. The molecule has 2 amide bonds. The van der Waals surface area contributed by atoms with E-state index in [4.69, 9.17) is 0 Å². The van der Waals surface area contributed by atoms with Crippen LogP contribution in [-0.2, 0) is 11.0 Å². The number of carbonyl (C=O) groups excluding carboxylic acids is 2. The Hall–Kier alpha value is -1.57. The highest BCUT2D eigenvalue weighted by Crippen LogP contribution is 2.35.